The van der Waals surface area contributed by atoms with Gasteiger partial charge in [-0.25, -0.2) is 0 Å². The first-order chi connectivity index (χ1) is 11.1. The Morgan fingerprint density at radius 1 is 0.875 bits per heavy atom. The molecule has 130 valence electrons. The second-order valence-corrected chi connectivity index (χ2v) is 13.8. The van der Waals surface area contributed by atoms with Gasteiger partial charge in [0.25, 0.3) is 0 Å². The molecule has 0 fully saturated rings. The summed E-state index contributed by atoms with van der Waals surface area (Å²) in [6.07, 6.45) is 2.16. The molecular weight excluding hydrogens is 306 g/mol. The van der Waals surface area contributed by atoms with Crippen molar-refractivity contribution in [2.75, 3.05) is 0 Å². The third-order valence-electron chi connectivity index (χ3n) is 5.11. The second-order valence-electron chi connectivity index (χ2n) is 8.72. The van der Waals surface area contributed by atoms with E-state index in [4.69, 9.17) is 4.98 Å². The number of aromatic nitrogens is 1. The molecule has 24 heavy (non-hydrogen) atoms. The molecule has 0 spiro atoms. The molecule has 0 aliphatic heterocycles. The molecule has 1 aromatic carbocycles. The van der Waals surface area contributed by atoms with Crippen LogP contribution in [0.1, 0.15) is 57.6 Å². The summed E-state index contributed by atoms with van der Waals surface area (Å²) in [5.41, 5.74) is 5.21. The number of benzene rings is 1. The normalized spacial score (nSPS) is 13.6. The Morgan fingerprint density at radius 3 is 1.92 bits per heavy atom. The van der Waals surface area contributed by atoms with Crippen molar-refractivity contribution in [1.82, 2.24) is 4.98 Å². The molecule has 0 bridgehead atoms. The maximum atomic E-state index is 4.83. The lowest BCUT2D eigenvalue weighted by atomic mass is 9.90. The molecule has 2 rings (SSSR count). The largest absolute Gasteiger partial charge is 0.256 e. The smallest absolute Gasteiger partial charge is 0.0799 e. The zero-order chi connectivity index (χ0) is 18.1. The van der Waals surface area contributed by atoms with E-state index in [9.17, 15) is 0 Å². The molecule has 0 radical (unpaired) electrons. The van der Waals surface area contributed by atoms with Crippen LogP contribution in [0.2, 0.25) is 19.6 Å². The van der Waals surface area contributed by atoms with E-state index in [1.54, 1.807) is 0 Å². The zero-order valence-corrected chi connectivity index (χ0v) is 17.6. The SMILES string of the molecule is CC(C)c1ccc(-c2cc(C(C)C(C)C)c([Si](C)(C)C)cn2)cc1. The highest BCUT2D eigenvalue weighted by atomic mass is 28.3. The van der Waals surface area contributed by atoms with E-state index in [1.807, 2.05) is 0 Å². The summed E-state index contributed by atoms with van der Waals surface area (Å²) >= 11 is 0. The fraction of sp³-hybridized carbons (Fsp3) is 0.500. The Morgan fingerprint density at radius 2 is 1.46 bits per heavy atom. The van der Waals surface area contributed by atoms with E-state index < -0.39 is 8.07 Å². The third kappa shape index (κ3) is 4.16. The van der Waals surface area contributed by atoms with Gasteiger partial charge in [-0.2, -0.15) is 0 Å². The first-order valence-electron chi connectivity index (χ1n) is 9.22. The summed E-state index contributed by atoms with van der Waals surface area (Å²) < 4.78 is 0. The minimum absolute atomic E-state index is 0.559. The Kier molecular flexibility index (Phi) is 5.69. The van der Waals surface area contributed by atoms with Gasteiger partial charge in [-0.05, 0) is 40.1 Å². The monoisotopic (exact) mass is 339 g/mol. The van der Waals surface area contributed by atoms with Gasteiger partial charge in [0.05, 0.1) is 13.8 Å². The van der Waals surface area contributed by atoms with E-state index >= 15 is 0 Å². The second kappa shape index (κ2) is 7.22. The average molecular weight is 340 g/mol. The number of hydrogen-bond acceptors (Lipinski definition) is 1. The molecule has 2 aromatic rings. The highest BCUT2D eigenvalue weighted by Gasteiger charge is 2.25. The fourth-order valence-corrected chi connectivity index (χ4v) is 4.65. The number of pyridine rings is 1. The lowest BCUT2D eigenvalue weighted by Crippen LogP contribution is -2.41. The molecule has 1 atom stereocenters. The van der Waals surface area contributed by atoms with Crippen LogP contribution in [0.4, 0.5) is 0 Å². The summed E-state index contributed by atoms with van der Waals surface area (Å²) in [6, 6.07) is 11.3. The van der Waals surface area contributed by atoms with Gasteiger partial charge >= 0.3 is 0 Å². The topological polar surface area (TPSA) is 12.9 Å². The van der Waals surface area contributed by atoms with Gasteiger partial charge in [-0.1, -0.05) is 78.5 Å². The van der Waals surface area contributed by atoms with E-state index in [0.29, 0.717) is 17.8 Å². The van der Waals surface area contributed by atoms with Crippen molar-refractivity contribution in [2.45, 2.75) is 66.1 Å². The van der Waals surface area contributed by atoms with Crippen LogP contribution in [0, 0.1) is 5.92 Å². The van der Waals surface area contributed by atoms with E-state index in [1.165, 1.54) is 21.9 Å². The van der Waals surface area contributed by atoms with Crippen LogP contribution in [-0.4, -0.2) is 13.1 Å². The number of nitrogens with zero attached hydrogens (tertiary/aromatic N) is 1. The summed E-state index contributed by atoms with van der Waals surface area (Å²) in [5.74, 6) is 1.76. The predicted octanol–water partition coefficient (Wildman–Crippen LogP) is 6.18. The highest BCUT2D eigenvalue weighted by Crippen LogP contribution is 2.28. The molecule has 1 heterocycles. The lowest BCUT2D eigenvalue weighted by molar-refractivity contribution is 0.537. The van der Waals surface area contributed by atoms with Crippen LogP contribution < -0.4 is 5.19 Å². The van der Waals surface area contributed by atoms with Gasteiger partial charge in [-0.3, -0.25) is 4.98 Å². The zero-order valence-electron chi connectivity index (χ0n) is 16.6. The van der Waals surface area contributed by atoms with E-state index in [2.05, 4.69) is 90.8 Å². The Bertz CT molecular complexity index is 678. The fourth-order valence-electron chi connectivity index (χ4n) is 3.03. The van der Waals surface area contributed by atoms with Gasteiger partial charge in [0.15, 0.2) is 0 Å². The van der Waals surface area contributed by atoms with Crippen molar-refractivity contribution >= 4 is 13.3 Å². The van der Waals surface area contributed by atoms with Crippen molar-refractivity contribution in [2.24, 2.45) is 5.92 Å². The van der Waals surface area contributed by atoms with Crippen molar-refractivity contribution < 1.29 is 0 Å². The molecule has 1 aromatic heterocycles. The first-order valence-corrected chi connectivity index (χ1v) is 12.7. The molecule has 0 N–H and O–H groups in total. The Labute approximate surface area is 149 Å². The van der Waals surface area contributed by atoms with Gasteiger partial charge in [0.1, 0.15) is 0 Å². The molecule has 0 amide bonds. The van der Waals surface area contributed by atoms with Crippen molar-refractivity contribution in [3.8, 4) is 11.3 Å². The van der Waals surface area contributed by atoms with Gasteiger partial charge in [0.2, 0.25) is 0 Å². The summed E-state index contributed by atoms with van der Waals surface area (Å²) in [6.45, 7) is 18.7. The molecule has 1 nitrogen and oxygen atoms in total. The van der Waals surface area contributed by atoms with Crippen LogP contribution in [-0.2, 0) is 0 Å². The van der Waals surface area contributed by atoms with Gasteiger partial charge in [0, 0.05) is 11.8 Å². The maximum Gasteiger partial charge on any atom is 0.0799 e. The van der Waals surface area contributed by atoms with Crippen LogP contribution in [0.3, 0.4) is 0 Å². The minimum atomic E-state index is -1.40. The molecule has 0 aliphatic carbocycles. The Hall–Kier alpha value is -1.41. The van der Waals surface area contributed by atoms with Crippen LogP contribution in [0.25, 0.3) is 11.3 Å². The minimum Gasteiger partial charge on any atom is -0.256 e. The summed E-state index contributed by atoms with van der Waals surface area (Å²) in [4.78, 5) is 4.83. The molecule has 0 saturated carbocycles. The van der Waals surface area contributed by atoms with E-state index in [-0.39, 0.29) is 0 Å². The molecule has 2 heteroatoms. The number of hydrogen-bond donors (Lipinski definition) is 0. The standard InChI is InChI=1S/C22H33NSi/c1-15(2)17(5)20-13-21(23-14-22(20)24(6,7)8)19-11-9-18(10-12-19)16(3)4/h9-17H,1-8H3. The highest BCUT2D eigenvalue weighted by molar-refractivity contribution is 6.89. The molecule has 0 aliphatic rings. The number of rotatable bonds is 5. The van der Waals surface area contributed by atoms with Crippen molar-refractivity contribution in [1.29, 1.82) is 0 Å². The molecular formula is C22H33NSi. The van der Waals surface area contributed by atoms with Crippen LogP contribution in [0.5, 0.6) is 0 Å². The van der Waals surface area contributed by atoms with Crippen molar-refractivity contribution in [3.63, 3.8) is 0 Å². The lowest BCUT2D eigenvalue weighted by Gasteiger charge is -2.26. The quantitative estimate of drug-likeness (QED) is 0.593. The first kappa shape index (κ1) is 18.9. The van der Waals surface area contributed by atoms with Crippen molar-refractivity contribution in [3.05, 3.63) is 47.7 Å². The predicted molar refractivity (Wildman–Crippen MR) is 110 cm³/mol. The third-order valence-corrected chi connectivity index (χ3v) is 7.14. The summed E-state index contributed by atoms with van der Waals surface area (Å²) in [5, 5.41) is 1.51. The van der Waals surface area contributed by atoms with Crippen LogP contribution >= 0.6 is 0 Å². The van der Waals surface area contributed by atoms with Gasteiger partial charge in [-0.15, -0.1) is 0 Å². The van der Waals surface area contributed by atoms with Crippen LogP contribution in [0.15, 0.2) is 36.5 Å². The molecule has 1 unspecified atom stereocenters. The summed E-state index contributed by atoms with van der Waals surface area (Å²) in [7, 11) is -1.40. The average Bonchev–Trinajstić information content (AvgIpc) is 2.52. The van der Waals surface area contributed by atoms with Gasteiger partial charge < -0.3 is 0 Å². The Balaban J connectivity index is 2.51. The maximum absolute atomic E-state index is 4.83. The van der Waals surface area contributed by atoms with E-state index in [0.717, 1.165) is 5.69 Å². The molecule has 0 saturated heterocycles.